The van der Waals surface area contributed by atoms with Gasteiger partial charge in [0.15, 0.2) is 0 Å². The molecule has 0 amide bonds. The van der Waals surface area contributed by atoms with E-state index in [9.17, 15) is 5.11 Å². The average Bonchev–Trinajstić information content (AvgIpc) is 2.67. The minimum absolute atomic E-state index is 0.263. The number of hydrogen-bond acceptors (Lipinski definition) is 6. The molecule has 1 aromatic carbocycles. The van der Waals surface area contributed by atoms with Gasteiger partial charge in [0.1, 0.15) is 16.7 Å². The first-order valence-corrected chi connectivity index (χ1v) is 11.1. The molecule has 1 aliphatic rings. The van der Waals surface area contributed by atoms with Gasteiger partial charge in [0.25, 0.3) is 0 Å². The van der Waals surface area contributed by atoms with Crippen LogP contribution in [-0.4, -0.2) is 26.7 Å². The molecule has 0 atom stereocenters. The predicted molar refractivity (Wildman–Crippen MR) is 125 cm³/mol. The topological polar surface area (TPSA) is 70.1 Å². The van der Waals surface area contributed by atoms with Crippen molar-refractivity contribution in [1.82, 2.24) is 9.97 Å². The second kappa shape index (κ2) is 8.46. The number of aromatic nitrogens is 2. The maximum atomic E-state index is 9.89. The highest BCUT2D eigenvalue weighted by Crippen LogP contribution is 2.34. The number of halogens is 1. The third kappa shape index (κ3) is 4.72. The molecule has 3 aromatic rings. The standard InChI is InChI=1S/C23H25ClN4OS/c1-14-6-4-7-15(2)21(14)22-17(24)10-11-19(27-22)28-30-20-9-5-8-18(26-20)25-16-12-23(3,29)13-16/h4-11,16,29H,12-13H2,1-3H3,(H,25,26)(H,27,28). The molecule has 156 valence electrons. The number of nitrogens with one attached hydrogen (secondary N) is 2. The summed E-state index contributed by atoms with van der Waals surface area (Å²) >= 11 is 7.87. The monoisotopic (exact) mass is 440 g/mol. The first kappa shape index (κ1) is 21.0. The number of aryl methyl sites for hydroxylation is 2. The fourth-order valence-corrected chi connectivity index (χ4v) is 4.65. The second-order valence-corrected chi connectivity index (χ2v) is 9.34. The molecule has 30 heavy (non-hydrogen) atoms. The molecule has 7 heteroatoms. The zero-order valence-corrected chi connectivity index (χ0v) is 18.8. The summed E-state index contributed by atoms with van der Waals surface area (Å²) in [6, 6.07) is 16.0. The summed E-state index contributed by atoms with van der Waals surface area (Å²) in [5, 5.41) is 14.7. The molecule has 0 bridgehead atoms. The average molecular weight is 441 g/mol. The normalized spacial score (nSPS) is 20.5. The van der Waals surface area contributed by atoms with Crippen molar-refractivity contribution in [2.45, 2.75) is 50.3 Å². The van der Waals surface area contributed by atoms with Crippen LogP contribution in [0.25, 0.3) is 11.3 Å². The van der Waals surface area contributed by atoms with Crippen LogP contribution in [-0.2, 0) is 0 Å². The van der Waals surface area contributed by atoms with Crippen LogP contribution in [0.4, 0.5) is 11.6 Å². The maximum absolute atomic E-state index is 9.89. The van der Waals surface area contributed by atoms with Gasteiger partial charge in [-0.25, -0.2) is 9.97 Å². The lowest BCUT2D eigenvalue weighted by atomic mass is 9.77. The first-order valence-electron chi connectivity index (χ1n) is 9.93. The van der Waals surface area contributed by atoms with Crippen molar-refractivity contribution in [2.24, 2.45) is 0 Å². The van der Waals surface area contributed by atoms with Crippen molar-refractivity contribution in [3.8, 4) is 11.3 Å². The van der Waals surface area contributed by atoms with E-state index in [0.717, 1.165) is 51.9 Å². The number of rotatable bonds is 6. The van der Waals surface area contributed by atoms with E-state index in [-0.39, 0.29) is 6.04 Å². The highest BCUT2D eigenvalue weighted by atomic mass is 35.5. The second-order valence-electron chi connectivity index (χ2n) is 8.11. The Balaban J connectivity index is 1.46. The third-order valence-electron chi connectivity index (χ3n) is 5.27. The molecular formula is C23H25ClN4OS. The summed E-state index contributed by atoms with van der Waals surface area (Å²) in [4.78, 5) is 9.39. The summed E-state index contributed by atoms with van der Waals surface area (Å²) < 4.78 is 3.28. The van der Waals surface area contributed by atoms with Crippen LogP contribution in [0.2, 0.25) is 5.02 Å². The molecule has 0 spiro atoms. The SMILES string of the molecule is Cc1cccc(C)c1-c1nc(NSc2cccc(NC3CC(C)(O)C3)n2)ccc1Cl. The number of benzene rings is 1. The number of nitrogens with zero attached hydrogens (tertiary/aromatic N) is 2. The van der Waals surface area contributed by atoms with Crippen LogP contribution in [0.5, 0.6) is 0 Å². The Morgan fingerprint density at radius 3 is 2.40 bits per heavy atom. The van der Waals surface area contributed by atoms with Gasteiger partial charge in [-0.15, -0.1) is 0 Å². The van der Waals surface area contributed by atoms with Crippen molar-refractivity contribution >= 4 is 35.2 Å². The fourth-order valence-electron chi connectivity index (χ4n) is 3.83. The lowest BCUT2D eigenvalue weighted by Crippen LogP contribution is -2.48. The van der Waals surface area contributed by atoms with E-state index in [4.69, 9.17) is 16.6 Å². The van der Waals surface area contributed by atoms with Gasteiger partial charge in [-0.2, -0.15) is 0 Å². The van der Waals surface area contributed by atoms with Gasteiger partial charge in [0.05, 0.1) is 16.3 Å². The minimum atomic E-state index is -0.557. The van der Waals surface area contributed by atoms with E-state index in [1.165, 1.54) is 11.9 Å². The fraction of sp³-hybridized carbons (Fsp3) is 0.304. The molecule has 0 unspecified atom stereocenters. The van der Waals surface area contributed by atoms with E-state index in [1.807, 2.05) is 43.3 Å². The van der Waals surface area contributed by atoms with Crippen molar-refractivity contribution in [2.75, 3.05) is 10.0 Å². The lowest BCUT2D eigenvalue weighted by Gasteiger charge is -2.41. The summed E-state index contributed by atoms with van der Waals surface area (Å²) in [6.45, 7) is 6.00. The third-order valence-corrected chi connectivity index (χ3v) is 6.32. The van der Waals surface area contributed by atoms with E-state index in [2.05, 4.69) is 41.0 Å². The van der Waals surface area contributed by atoms with Gasteiger partial charge in [-0.3, -0.25) is 0 Å². The smallest absolute Gasteiger partial charge is 0.136 e. The van der Waals surface area contributed by atoms with Gasteiger partial charge in [0, 0.05) is 23.6 Å². The predicted octanol–water partition coefficient (Wildman–Crippen LogP) is 5.86. The zero-order valence-electron chi connectivity index (χ0n) is 17.2. The molecule has 0 saturated heterocycles. The molecule has 0 radical (unpaired) electrons. The molecule has 4 rings (SSSR count). The maximum Gasteiger partial charge on any atom is 0.136 e. The van der Waals surface area contributed by atoms with Crippen LogP contribution in [0, 0.1) is 13.8 Å². The summed E-state index contributed by atoms with van der Waals surface area (Å²) in [7, 11) is 0. The van der Waals surface area contributed by atoms with E-state index in [0.29, 0.717) is 5.02 Å². The van der Waals surface area contributed by atoms with Crippen LogP contribution in [0.3, 0.4) is 0 Å². The van der Waals surface area contributed by atoms with Crippen LogP contribution >= 0.6 is 23.5 Å². The highest BCUT2D eigenvalue weighted by Gasteiger charge is 2.38. The first-order chi connectivity index (χ1) is 14.3. The zero-order chi connectivity index (χ0) is 21.3. The largest absolute Gasteiger partial charge is 0.390 e. The molecule has 1 saturated carbocycles. The Morgan fingerprint density at radius 2 is 1.70 bits per heavy atom. The van der Waals surface area contributed by atoms with Crippen molar-refractivity contribution < 1.29 is 5.11 Å². The van der Waals surface area contributed by atoms with E-state index >= 15 is 0 Å². The number of aliphatic hydroxyl groups is 1. The molecule has 1 fully saturated rings. The van der Waals surface area contributed by atoms with E-state index < -0.39 is 5.60 Å². The Bertz CT molecular complexity index is 1040. The lowest BCUT2D eigenvalue weighted by molar-refractivity contribution is -0.0235. The Labute approximate surface area is 186 Å². The molecule has 2 aromatic heterocycles. The van der Waals surface area contributed by atoms with Crippen LogP contribution in [0.15, 0.2) is 53.6 Å². The Hall–Kier alpha value is -2.28. The van der Waals surface area contributed by atoms with Gasteiger partial charge < -0.3 is 15.1 Å². The number of pyridine rings is 2. The van der Waals surface area contributed by atoms with Gasteiger partial charge in [-0.1, -0.05) is 35.9 Å². The van der Waals surface area contributed by atoms with Crippen LogP contribution < -0.4 is 10.0 Å². The molecule has 3 N–H and O–H groups in total. The molecule has 1 aliphatic carbocycles. The van der Waals surface area contributed by atoms with Gasteiger partial charge in [0.2, 0.25) is 0 Å². The summed E-state index contributed by atoms with van der Waals surface area (Å²) in [5.74, 6) is 1.53. The summed E-state index contributed by atoms with van der Waals surface area (Å²) in [5.41, 5.74) is 3.57. The number of hydrogen-bond donors (Lipinski definition) is 3. The minimum Gasteiger partial charge on any atom is -0.390 e. The summed E-state index contributed by atoms with van der Waals surface area (Å²) in [6.07, 6.45) is 1.47. The number of anilines is 2. The molecule has 5 nitrogen and oxygen atoms in total. The highest BCUT2D eigenvalue weighted by molar-refractivity contribution is 8.00. The van der Waals surface area contributed by atoms with Gasteiger partial charge >= 0.3 is 0 Å². The molecule has 2 heterocycles. The van der Waals surface area contributed by atoms with Crippen LogP contribution in [0.1, 0.15) is 30.9 Å². The Kier molecular flexibility index (Phi) is 5.91. The van der Waals surface area contributed by atoms with Gasteiger partial charge in [-0.05, 0) is 69.0 Å². The van der Waals surface area contributed by atoms with E-state index in [1.54, 1.807) is 0 Å². The van der Waals surface area contributed by atoms with Crippen molar-refractivity contribution in [3.63, 3.8) is 0 Å². The van der Waals surface area contributed by atoms with Crippen molar-refractivity contribution in [3.05, 3.63) is 64.7 Å². The van der Waals surface area contributed by atoms with Crippen molar-refractivity contribution in [1.29, 1.82) is 0 Å². The Morgan fingerprint density at radius 1 is 1.00 bits per heavy atom. The molecular weight excluding hydrogens is 416 g/mol. The quantitative estimate of drug-likeness (QED) is 0.417. The molecule has 0 aliphatic heterocycles.